The lowest BCUT2D eigenvalue weighted by atomic mass is 9.89. The molecule has 0 saturated carbocycles. The maximum Gasteiger partial charge on any atom is 0.265 e. The van der Waals surface area contributed by atoms with Crippen molar-refractivity contribution >= 4 is 47.2 Å². The van der Waals surface area contributed by atoms with E-state index in [9.17, 15) is 18.8 Å². The number of hydrogen-bond acceptors (Lipinski definition) is 4. The van der Waals surface area contributed by atoms with Crippen molar-refractivity contribution in [1.29, 1.82) is 0 Å². The van der Waals surface area contributed by atoms with Crippen molar-refractivity contribution in [1.82, 2.24) is 9.88 Å². The van der Waals surface area contributed by atoms with Crippen molar-refractivity contribution in [2.24, 2.45) is 0 Å². The van der Waals surface area contributed by atoms with Crippen LogP contribution in [0.2, 0.25) is 5.02 Å². The van der Waals surface area contributed by atoms with Crippen LogP contribution in [-0.4, -0.2) is 40.7 Å². The third-order valence-electron chi connectivity index (χ3n) is 7.04. The van der Waals surface area contributed by atoms with Crippen molar-refractivity contribution in [3.05, 3.63) is 129 Å². The van der Waals surface area contributed by atoms with Gasteiger partial charge in [0.25, 0.3) is 17.7 Å². The topological polar surface area (TPSA) is 73.5 Å². The predicted octanol–water partition coefficient (Wildman–Crippen LogP) is 7.04. The van der Waals surface area contributed by atoms with Gasteiger partial charge in [-0.15, -0.1) is 0 Å². The number of anilines is 1. The quantitative estimate of drug-likeness (QED) is 0.205. The lowest BCUT2D eigenvalue weighted by molar-refractivity contribution is 0.0713. The summed E-state index contributed by atoms with van der Waals surface area (Å²) >= 11 is 12.0. The summed E-state index contributed by atoms with van der Waals surface area (Å²) in [6.45, 7) is 0.875. The number of carbonyl (C=O) groups is 3. The largest absolute Gasteiger partial charge is 0.351 e. The summed E-state index contributed by atoms with van der Waals surface area (Å²) in [7, 11) is 0. The number of piperidine rings is 1. The first kappa shape index (κ1) is 27.4. The van der Waals surface area contributed by atoms with Crippen LogP contribution in [0.3, 0.4) is 0 Å². The van der Waals surface area contributed by atoms with E-state index in [-0.39, 0.29) is 49.7 Å². The van der Waals surface area contributed by atoms with Gasteiger partial charge < -0.3 is 9.88 Å². The number of nitrogens with one attached hydrogen (secondary N) is 1. The molecule has 4 aromatic rings. The first-order valence-electron chi connectivity index (χ1n) is 12.8. The molecule has 5 rings (SSSR count). The molecule has 0 aliphatic carbocycles. The minimum absolute atomic E-state index is 0.0567. The number of H-pyrrole nitrogens is 1. The average Bonchev–Trinajstić information content (AvgIpc) is 3.00. The molecular weight excluding hydrogens is 549 g/mol. The van der Waals surface area contributed by atoms with Crippen LogP contribution in [0.4, 0.5) is 10.1 Å². The number of hydrogen-bond donors (Lipinski definition) is 1. The van der Waals surface area contributed by atoms with Gasteiger partial charge in [-0.3, -0.25) is 14.4 Å². The number of benzene rings is 3. The van der Waals surface area contributed by atoms with Crippen LogP contribution in [0.15, 0.2) is 91.1 Å². The van der Waals surface area contributed by atoms with Crippen molar-refractivity contribution in [2.45, 2.75) is 18.8 Å². The fraction of sp³-hybridized carbons (Fsp3) is 0.161. The van der Waals surface area contributed by atoms with E-state index >= 15 is 0 Å². The average molecular weight is 574 g/mol. The summed E-state index contributed by atoms with van der Waals surface area (Å²) in [5, 5.41) is -0.0735. The van der Waals surface area contributed by atoms with Crippen LogP contribution in [-0.2, 0) is 0 Å². The molecule has 1 fully saturated rings. The highest BCUT2D eigenvalue weighted by atomic mass is 35.5. The number of amides is 3. The monoisotopic (exact) mass is 573 g/mol. The number of imide groups is 1. The molecule has 3 aromatic carbocycles. The number of aromatic amines is 1. The number of likely N-dealkylation sites (tertiary alicyclic amines) is 1. The standard InChI is InChI=1S/C31H25ClFN3O3S/c32-26-27(36(29(37)22-7-3-1-4-8-22)30(38)23-9-5-2-6-10-23)25(19-34-28(26)40)31(39)35-17-15-21(16-18-35)20-11-13-24(33)14-12-20/h1-14,19,21H,15-18H2,(H,34,40). The Balaban J connectivity index is 1.52. The van der Waals surface area contributed by atoms with Crippen molar-refractivity contribution in [2.75, 3.05) is 18.0 Å². The van der Waals surface area contributed by atoms with E-state index in [0.29, 0.717) is 25.9 Å². The molecule has 0 bridgehead atoms. The summed E-state index contributed by atoms with van der Waals surface area (Å²) in [6, 6.07) is 23.1. The summed E-state index contributed by atoms with van der Waals surface area (Å²) in [5.41, 5.74) is 1.53. The molecule has 9 heteroatoms. The maximum atomic E-state index is 13.9. The Labute approximate surface area is 241 Å². The lowest BCUT2D eigenvalue weighted by Gasteiger charge is -2.33. The molecule has 2 heterocycles. The minimum Gasteiger partial charge on any atom is -0.351 e. The molecule has 0 radical (unpaired) electrons. The Kier molecular flexibility index (Phi) is 8.19. The van der Waals surface area contributed by atoms with Crippen LogP contribution < -0.4 is 4.90 Å². The number of carbonyl (C=O) groups excluding carboxylic acids is 3. The zero-order valence-electron chi connectivity index (χ0n) is 21.3. The van der Waals surface area contributed by atoms with E-state index in [4.69, 9.17) is 23.8 Å². The Morgan fingerprint density at radius 3 is 1.90 bits per heavy atom. The molecule has 40 heavy (non-hydrogen) atoms. The third kappa shape index (κ3) is 5.59. The smallest absolute Gasteiger partial charge is 0.265 e. The van der Waals surface area contributed by atoms with E-state index in [1.165, 1.54) is 18.3 Å². The van der Waals surface area contributed by atoms with E-state index in [1.54, 1.807) is 77.7 Å². The zero-order chi connectivity index (χ0) is 28.2. The van der Waals surface area contributed by atoms with Gasteiger partial charge in [0, 0.05) is 30.4 Å². The van der Waals surface area contributed by atoms with Gasteiger partial charge in [0.15, 0.2) is 0 Å². The summed E-state index contributed by atoms with van der Waals surface area (Å²) < 4.78 is 13.5. The fourth-order valence-electron chi connectivity index (χ4n) is 4.91. The number of pyridine rings is 1. The summed E-state index contributed by atoms with van der Waals surface area (Å²) in [6.07, 6.45) is 2.76. The minimum atomic E-state index is -0.638. The highest BCUT2D eigenvalue weighted by Gasteiger charge is 2.34. The Bertz CT molecular complexity index is 1550. The number of aromatic nitrogens is 1. The van der Waals surface area contributed by atoms with Gasteiger partial charge in [-0.1, -0.05) is 72.3 Å². The summed E-state index contributed by atoms with van der Waals surface area (Å²) in [4.78, 5) is 47.0. The first-order valence-corrected chi connectivity index (χ1v) is 13.6. The molecule has 0 unspecified atom stereocenters. The van der Waals surface area contributed by atoms with Crippen LogP contribution in [0.1, 0.15) is 55.4 Å². The van der Waals surface area contributed by atoms with Crippen molar-refractivity contribution < 1.29 is 18.8 Å². The van der Waals surface area contributed by atoms with Crippen LogP contribution >= 0.6 is 23.8 Å². The van der Waals surface area contributed by atoms with E-state index in [1.807, 2.05) is 0 Å². The van der Waals surface area contributed by atoms with Gasteiger partial charge in [0.2, 0.25) is 0 Å². The second-order valence-electron chi connectivity index (χ2n) is 9.49. The number of nitrogens with zero attached hydrogens (tertiary/aromatic N) is 2. The molecule has 202 valence electrons. The highest BCUT2D eigenvalue weighted by Crippen LogP contribution is 2.35. The Morgan fingerprint density at radius 1 is 0.850 bits per heavy atom. The van der Waals surface area contributed by atoms with Crippen LogP contribution in [0.5, 0.6) is 0 Å². The van der Waals surface area contributed by atoms with E-state index < -0.39 is 11.8 Å². The molecule has 1 aliphatic heterocycles. The molecule has 0 atom stereocenters. The van der Waals surface area contributed by atoms with E-state index in [2.05, 4.69) is 4.98 Å². The van der Waals surface area contributed by atoms with Gasteiger partial charge >= 0.3 is 0 Å². The van der Waals surface area contributed by atoms with Gasteiger partial charge in [0.05, 0.1) is 11.3 Å². The zero-order valence-corrected chi connectivity index (χ0v) is 22.9. The van der Waals surface area contributed by atoms with Gasteiger partial charge in [0.1, 0.15) is 15.5 Å². The highest BCUT2D eigenvalue weighted by molar-refractivity contribution is 7.71. The molecule has 6 nitrogen and oxygen atoms in total. The van der Waals surface area contributed by atoms with Crippen molar-refractivity contribution in [3.63, 3.8) is 0 Å². The Hall–Kier alpha value is -4.14. The second-order valence-corrected chi connectivity index (χ2v) is 10.3. The fourth-order valence-corrected chi connectivity index (χ4v) is 5.31. The maximum absolute atomic E-state index is 13.9. The molecule has 3 amide bonds. The number of rotatable bonds is 5. The molecule has 1 aliphatic rings. The predicted molar refractivity (Wildman–Crippen MR) is 155 cm³/mol. The van der Waals surface area contributed by atoms with Crippen LogP contribution in [0.25, 0.3) is 0 Å². The molecule has 1 aromatic heterocycles. The van der Waals surface area contributed by atoms with Gasteiger partial charge in [-0.2, -0.15) is 0 Å². The summed E-state index contributed by atoms with van der Waals surface area (Å²) in [5.74, 6) is -1.76. The normalized spacial score (nSPS) is 13.6. The van der Waals surface area contributed by atoms with Crippen molar-refractivity contribution in [3.8, 4) is 0 Å². The Morgan fingerprint density at radius 2 is 1.38 bits per heavy atom. The molecule has 0 spiro atoms. The SMILES string of the molecule is O=C(c1c[nH]c(=S)c(Cl)c1N(C(=O)c1ccccc1)C(=O)c1ccccc1)N1CCC(c2ccc(F)cc2)CC1. The second kappa shape index (κ2) is 11.9. The first-order chi connectivity index (χ1) is 19.3. The van der Waals surface area contributed by atoms with Gasteiger partial charge in [-0.25, -0.2) is 9.29 Å². The molecule has 1 N–H and O–H groups in total. The third-order valence-corrected chi connectivity index (χ3v) is 7.84. The van der Waals surface area contributed by atoms with E-state index in [0.717, 1.165) is 10.5 Å². The molecular formula is C31H25ClFN3O3S. The van der Waals surface area contributed by atoms with Crippen LogP contribution in [0, 0.1) is 10.5 Å². The lowest BCUT2D eigenvalue weighted by Crippen LogP contribution is -2.41. The van der Waals surface area contributed by atoms with Gasteiger partial charge in [-0.05, 0) is 60.7 Å². The number of halogens is 2. The molecule has 1 saturated heterocycles.